The lowest BCUT2D eigenvalue weighted by Crippen LogP contribution is -2.48. The number of rotatable bonds is 6. The van der Waals surface area contributed by atoms with Gasteiger partial charge in [-0.15, -0.1) is 0 Å². The molecule has 3 nitrogen and oxygen atoms in total. The van der Waals surface area contributed by atoms with Crippen molar-refractivity contribution in [3.8, 4) is 0 Å². The maximum Gasteiger partial charge on any atom is 0.416 e. The van der Waals surface area contributed by atoms with Crippen LogP contribution in [0.3, 0.4) is 0 Å². The van der Waals surface area contributed by atoms with Crippen molar-refractivity contribution in [2.45, 2.75) is 33.9 Å². The molecule has 0 unspecified atom stereocenters. The Kier molecular flexibility index (Phi) is 7.04. The summed E-state index contributed by atoms with van der Waals surface area (Å²) < 4.78 is 38.2. The molecular formula is C17H25F3N2OS. The first-order valence-corrected chi connectivity index (χ1v) is 8.26. The molecule has 1 rings (SSSR count). The van der Waals surface area contributed by atoms with Gasteiger partial charge in [0.1, 0.15) is 0 Å². The van der Waals surface area contributed by atoms with Gasteiger partial charge in [-0.1, -0.05) is 33.8 Å². The van der Waals surface area contributed by atoms with Crippen LogP contribution >= 0.6 is 12.2 Å². The Bertz CT molecular complexity index is 551. The van der Waals surface area contributed by atoms with Crippen LogP contribution in [0.4, 0.5) is 18.9 Å². The Hall–Kier alpha value is -1.34. The van der Waals surface area contributed by atoms with Crippen LogP contribution in [-0.4, -0.2) is 23.4 Å². The number of hydrogen-bond acceptors (Lipinski definition) is 2. The number of benzene rings is 1. The van der Waals surface area contributed by atoms with E-state index < -0.39 is 11.7 Å². The van der Waals surface area contributed by atoms with E-state index in [9.17, 15) is 18.3 Å². The molecule has 24 heavy (non-hydrogen) atoms. The standard InChI is InChI=1S/C17H25F3N2OS/c1-11(2)16(10-23,12(3)4)9-21-15(24)22-14-7-5-6-13(8-14)17(18,19)20/h5-8,11-12,23H,9-10H2,1-4H3,(H2,21,22,24). The predicted octanol–water partition coefficient (Wildman–Crippen LogP) is 4.28. The summed E-state index contributed by atoms with van der Waals surface area (Å²) >= 11 is 5.18. The van der Waals surface area contributed by atoms with Crippen LogP contribution in [0.1, 0.15) is 33.3 Å². The summed E-state index contributed by atoms with van der Waals surface area (Å²) in [4.78, 5) is 0. The summed E-state index contributed by atoms with van der Waals surface area (Å²) in [5.74, 6) is 0.428. The van der Waals surface area contributed by atoms with Gasteiger partial charge in [-0.05, 0) is 42.3 Å². The van der Waals surface area contributed by atoms with Crippen molar-refractivity contribution in [3.05, 3.63) is 29.8 Å². The highest BCUT2D eigenvalue weighted by atomic mass is 32.1. The molecule has 136 valence electrons. The van der Waals surface area contributed by atoms with Gasteiger partial charge < -0.3 is 15.7 Å². The zero-order chi connectivity index (χ0) is 18.5. The summed E-state index contributed by atoms with van der Waals surface area (Å²) in [5.41, 5.74) is -0.824. The average Bonchev–Trinajstić information content (AvgIpc) is 2.47. The van der Waals surface area contributed by atoms with Gasteiger partial charge in [0, 0.05) is 17.6 Å². The Morgan fingerprint density at radius 2 is 1.75 bits per heavy atom. The molecule has 0 bridgehead atoms. The lowest BCUT2D eigenvalue weighted by molar-refractivity contribution is -0.137. The maximum absolute atomic E-state index is 12.7. The summed E-state index contributed by atoms with van der Waals surface area (Å²) in [5, 5.41) is 15.8. The van der Waals surface area contributed by atoms with Crippen molar-refractivity contribution in [2.24, 2.45) is 17.3 Å². The molecule has 0 aliphatic carbocycles. The largest absolute Gasteiger partial charge is 0.416 e. The van der Waals surface area contributed by atoms with Crippen molar-refractivity contribution in [3.63, 3.8) is 0 Å². The van der Waals surface area contributed by atoms with Gasteiger partial charge in [0.05, 0.1) is 12.2 Å². The van der Waals surface area contributed by atoms with Crippen molar-refractivity contribution >= 4 is 23.0 Å². The van der Waals surface area contributed by atoms with E-state index in [1.54, 1.807) is 0 Å². The molecule has 0 aliphatic rings. The summed E-state index contributed by atoms with van der Waals surface area (Å²) in [6.07, 6.45) is -4.39. The van der Waals surface area contributed by atoms with Gasteiger partial charge in [-0.3, -0.25) is 0 Å². The Morgan fingerprint density at radius 1 is 1.17 bits per heavy atom. The third kappa shape index (κ3) is 5.08. The monoisotopic (exact) mass is 362 g/mol. The molecule has 0 aromatic heterocycles. The van der Waals surface area contributed by atoms with Crippen LogP contribution in [0.2, 0.25) is 0 Å². The second-order valence-corrected chi connectivity index (χ2v) is 7.00. The maximum atomic E-state index is 12.7. The van der Waals surface area contributed by atoms with Crippen molar-refractivity contribution in [1.82, 2.24) is 5.32 Å². The number of nitrogens with one attached hydrogen (secondary N) is 2. The van der Waals surface area contributed by atoms with Crippen LogP contribution in [0.15, 0.2) is 24.3 Å². The molecule has 7 heteroatoms. The Morgan fingerprint density at radius 3 is 2.21 bits per heavy atom. The molecular weight excluding hydrogens is 337 g/mol. The number of alkyl halides is 3. The molecule has 0 atom stereocenters. The van der Waals surface area contributed by atoms with Gasteiger partial charge in [0.2, 0.25) is 0 Å². The van der Waals surface area contributed by atoms with E-state index in [-0.39, 0.29) is 34.7 Å². The summed E-state index contributed by atoms with van der Waals surface area (Å²) in [6, 6.07) is 4.87. The fraction of sp³-hybridized carbons (Fsp3) is 0.588. The number of hydrogen-bond donors (Lipinski definition) is 3. The van der Waals surface area contributed by atoms with E-state index >= 15 is 0 Å². The van der Waals surface area contributed by atoms with Gasteiger partial charge in [-0.2, -0.15) is 13.2 Å². The number of anilines is 1. The molecule has 0 aliphatic heterocycles. The Balaban J connectivity index is 2.76. The lowest BCUT2D eigenvalue weighted by Gasteiger charge is -2.40. The van der Waals surface area contributed by atoms with Gasteiger partial charge in [0.15, 0.2) is 5.11 Å². The van der Waals surface area contributed by atoms with E-state index in [0.29, 0.717) is 6.54 Å². The first-order valence-electron chi connectivity index (χ1n) is 7.86. The second-order valence-electron chi connectivity index (χ2n) is 6.59. The smallest absolute Gasteiger partial charge is 0.396 e. The number of thiocarbonyl (C=S) groups is 1. The quantitative estimate of drug-likeness (QED) is 0.661. The second kappa shape index (κ2) is 8.16. The van der Waals surface area contributed by atoms with E-state index in [1.807, 2.05) is 27.7 Å². The summed E-state index contributed by atoms with van der Waals surface area (Å²) in [6.45, 7) is 8.55. The van der Waals surface area contributed by atoms with Crippen molar-refractivity contribution in [2.75, 3.05) is 18.5 Å². The molecule has 3 N–H and O–H groups in total. The van der Waals surface area contributed by atoms with E-state index in [2.05, 4.69) is 10.6 Å². The first kappa shape index (κ1) is 20.7. The third-order valence-electron chi connectivity index (χ3n) is 4.62. The third-order valence-corrected chi connectivity index (χ3v) is 4.87. The SMILES string of the molecule is CC(C)C(CO)(CNC(=S)Nc1cccc(C(F)(F)F)c1)C(C)C. The topological polar surface area (TPSA) is 44.3 Å². The summed E-state index contributed by atoms with van der Waals surface area (Å²) in [7, 11) is 0. The molecule has 0 saturated heterocycles. The molecule has 0 heterocycles. The zero-order valence-electron chi connectivity index (χ0n) is 14.4. The molecule has 1 aromatic carbocycles. The average molecular weight is 362 g/mol. The zero-order valence-corrected chi connectivity index (χ0v) is 15.2. The van der Waals surface area contributed by atoms with Crippen LogP contribution < -0.4 is 10.6 Å². The van der Waals surface area contributed by atoms with E-state index in [4.69, 9.17) is 12.2 Å². The van der Waals surface area contributed by atoms with Gasteiger partial charge >= 0.3 is 6.18 Å². The molecule has 0 amide bonds. The number of halogens is 3. The number of aliphatic hydroxyl groups excluding tert-OH is 1. The first-order chi connectivity index (χ1) is 11.0. The van der Waals surface area contributed by atoms with Crippen LogP contribution in [0, 0.1) is 17.3 Å². The lowest BCUT2D eigenvalue weighted by atomic mass is 9.69. The predicted molar refractivity (Wildman–Crippen MR) is 94.9 cm³/mol. The molecule has 0 spiro atoms. The fourth-order valence-electron chi connectivity index (χ4n) is 2.69. The van der Waals surface area contributed by atoms with Crippen LogP contribution in [0.5, 0.6) is 0 Å². The minimum Gasteiger partial charge on any atom is -0.396 e. The van der Waals surface area contributed by atoms with E-state index in [1.165, 1.54) is 12.1 Å². The normalized spacial score (nSPS) is 12.6. The molecule has 0 saturated carbocycles. The molecule has 1 aromatic rings. The highest BCUT2D eigenvalue weighted by Gasteiger charge is 2.36. The van der Waals surface area contributed by atoms with Gasteiger partial charge in [0.25, 0.3) is 0 Å². The minimum atomic E-state index is -4.39. The molecule has 0 radical (unpaired) electrons. The van der Waals surface area contributed by atoms with E-state index in [0.717, 1.165) is 12.1 Å². The minimum absolute atomic E-state index is 0.00149. The van der Waals surface area contributed by atoms with Crippen LogP contribution in [-0.2, 0) is 6.18 Å². The van der Waals surface area contributed by atoms with Crippen molar-refractivity contribution in [1.29, 1.82) is 0 Å². The van der Waals surface area contributed by atoms with Gasteiger partial charge in [-0.25, -0.2) is 0 Å². The number of aliphatic hydroxyl groups is 1. The van der Waals surface area contributed by atoms with Crippen LogP contribution in [0.25, 0.3) is 0 Å². The highest BCUT2D eigenvalue weighted by molar-refractivity contribution is 7.80. The molecule has 0 fully saturated rings. The highest BCUT2D eigenvalue weighted by Crippen LogP contribution is 2.35. The van der Waals surface area contributed by atoms with Crippen molar-refractivity contribution < 1.29 is 18.3 Å². The fourth-order valence-corrected chi connectivity index (χ4v) is 2.88. The Labute approximate surface area is 146 Å².